The Morgan fingerprint density at radius 3 is 1.50 bits per heavy atom. The highest BCUT2D eigenvalue weighted by Gasteiger charge is 2.04. The SMILES string of the molecule is CNc1cc2cc(NC)c(N)cc2cc1N. The molecule has 0 aliphatic heterocycles. The first-order valence-corrected chi connectivity index (χ1v) is 5.14. The monoisotopic (exact) mass is 216 g/mol. The number of rotatable bonds is 2. The molecule has 0 aliphatic carbocycles. The molecule has 0 atom stereocenters. The lowest BCUT2D eigenvalue weighted by molar-refractivity contribution is 1.51. The first kappa shape index (κ1) is 10.4. The van der Waals surface area contributed by atoms with Crippen LogP contribution >= 0.6 is 0 Å². The van der Waals surface area contributed by atoms with Crippen LogP contribution in [-0.2, 0) is 0 Å². The summed E-state index contributed by atoms with van der Waals surface area (Å²) in [6.07, 6.45) is 0. The van der Waals surface area contributed by atoms with Crippen molar-refractivity contribution in [2.24, 2.45) is 0 Å². The number of hydrogen-bond donors (Lipinski definition) is 4. The van der Waals surface area contributed by atoms with Crippen molar-refractivity contribution in [2.45, 2.75) is 0 Å². The Morgan fingerprint density at radius 2 is 1.12 bits per heavy atom. The summed E-state index contributed by atoms with van der Waals surface area (Å²) in [6.45, 7) is 0. The van der Waals surface area contributed by atoms with Crippen LogP contribution in [0.5, 0.6) is 0 Å². The smallest absolute Gasteiger partial charge is 0.0577 e. The number of benzene rings is 2. The average Bonchev–Trinajstić information content (AvgIpc) is 2.27. The lowest BCUT2D eigenvalue weighted by atomic mass is 10.1. The first-order chi connectivity index (χ1) is 7.65. The molecular formula is C12H16N4. The maximum Gasteiger partial charge on any atom is 0.0577 e. The van der Waals surface area contributed by atoms with Crippen molar-refractivity contribution >= 4 is 33.5 Å². The van der Waals surface area contributed by atoms with E-state index in [-0.39, 0.29) is 0 Å². The molecule has 4 nitrogen and oxygen atoms in total. The summed E-state index contributed by atoms with van der Waals surface area (Å²) in [6, 6.07) is 7.89. The highest BCUT2D eigenvalue weighted by molar-refractivity contribution is 5.96. The summed E-state index contributed by atoms with van der Waals surface area (Å²) < 4.78 is 0. The minimum absolute atomic E-state index is 0.728. The van der Waals surface area contributed by atoms with Crippen molar-refractivity contribution in [3.63, 3.8) is 0 Å². The van der Waals surface area contributed by atoms with Crippen LogP contribution in [0.1, 0.15) is 0 Å². The van der Waals surface area contributed by atoms with Gasteiger partial charge in [0.05, 0.1) is 22.7 Å². The summed E-state index contributed by atoms with van der Waals surface area (Å²) in [7, 11) is 3.71. The Balaban J connectivity index is 2.71. The van der Waals surface area contributed by atoms with Crippen LogP contribution in [0, 0.1) is 0 Å². The van der Waals surface area contributed by atoms with Gasteiger partial charge in [-0.15, -0.1) is 0 Å². The Bertz CT molecular complexity index is 489. The Labute approximate surface area is 94.6 Å². The Kier molecular flexibility index (Phi) is 2.48. The molecule has 2 aromatic rings. The minimum Gasteiger partial charge on any atom is -0.397 e. The van der Waals surface area contributed by atoms with Crippen LogP contribution in [0.25, 0.3) is 10.8 Å². The van der Waals surface area contributed by atoms with Crippen molar-refractivity contribution in [3.8, 4) is 0 Å². The zero-order valence-electron chi connectivity index (χ0n) is 9.46. The van der Waals surface area contributed by atoms with Gasteiger partial charge in [-0.3, -0.25) is 0 Å². The van der Waals surface area contributed by atoms with Crippen LogP contribution < -0.4 is 22.1 Å². The lowest BCUT2D eigenvalue weighted by Crippen LogP contribution is -1.98. The third-order valence-electron chi connectivity index (χ3n) is 2.72. The molecule has 0 aromatic heterocycles. The van der Waals surface area contributed by atoms with E-state index in [9.17, 15) is 0 Å². The highest BCUT2D eigenvalue weighted by atomic mass is 14.9. The van der Waals surface area contributed by atoms with Gasteiger partial charge in [0, 0.05) is 14.1 Å². The number of fused-ring (bicyclic) bond motifs is 1. The van der Waals surface area contributed by atoms with Gasteiger partial charge in [-0.1, -0.05) is 0 Å². The molecule has 2 aromatic carbocycles. The number of nitrogen functional groups attached to an aromatic ring is 2. The van der Waals surface area contributed by atoms with Crippen molar-refractivity contribution in [1.29, 1.82) is 0 Å². The second-order valence-electron chi connectivity index (χ2n) is 3.73. The average molecular weight is 216 g/mol. The lowest BCUT2D eigenvalue weighted by Gasteiger charge is -2.10. The Hall–Kier alpha value is -2.10. The molecular weight excluding hydrogens is 200 g/mol. The Morgan fingerprint density at radius 1 is 0.750 bits per heavy atom. The summed E-state index contributed by atoms with van der Waals surface area (Å²) in [4.78, 5) is 0. The second kappa shape index (κ2) is 3.81. The van der Waals surface area contributed by atoms with E-state index in [1.54, 1.807) is 0 Å². The van der Waals surface area contributed by atoms with Gasteiger partial charge in [-0.2, -0.15) is 0 Å². The van der Waals surface area contributed by atoms with Crippen LogP contribution in [0.15, 0.2) is 24.3 Å². The van der Waals surface area contributed by atoms with Crippen LogP contribution in [0.4, 0.5) is 22.7 Å². The molecule has 16 heavy (non-hydrogen) atoms. The third-order valence-corrected chi connectivity index (χ3v) is 2.72. The molecule has 0 heterocycles. The molecule has 2 rings (SSSR count). The van der Waals surface area contributed by atoms with E-state index in [0.717, 1.165) is 33.5 Å². The number of hydrogen-bond acceptors (Lipinski definition) is 4. The van der Waals surface area contributed by atoms with Gasteiger partial charge in [0.15, 0.2) is 0 Å². The van der Waals surface area contributed by atoms with Crippen LogP contribution in [0.2, 0.25) is 0 Å². The molecule has 0 aliphatic rings. The maximum atomic E-state index is 5.90. The molecule has 4 heteroatoms. The molecule has 0 saturated carbocycles. The quantitative estimate of drug-likeness (QED) is 0.580. The van der Waals surface area contributed by atoms with Gasteiger partial charge in [-0.25, -0.2) is 0 Å². The molecule has 0 saturated heterocycles. The normalized spacial score (nSPS) is 10.4. The van der Waals surface area contributed by atoms with Gasteiger partial charge in [0.2, 0.25) is 0 Å². The molecule has 0 amide bonds. The van der Waals surface area contributed by atoms with Crippen LogP contribution in [-0.4, -0.2) is 14.1 Å². The zero-order chi connectivity index (χ0) is 11.7. The number of nitrogens with two attached hydrogens (primary N) is 2. The van der Waals surface area contributed by atoms with E-state index in [0.29, 0.717) is 0 Å². The minimum atomic E-state index is 0.728. The van der Waals surface area contributed by atoms with Crippen molar-refractivity contribution in [2.75, 3.05) is 36.2 Å². The van der Waals surface area contributed by atoms with Crippen molar-refractivity contribution in [1.82, 2.24) is 0 Å². The van der Waals surface area contributed by atoms with E-state index in [4.69, 9.17) is 11.5 Å². The van der Waals surface area contributed by atoms with Gasteiger partial charge < -0.3 is 22.1 Å². The largest absolute Gasteiger partial charge is 0.397 e. The van der Waals surface area contributed by atoms with Gasteiger partial charge in [0.25, 0.3) is 0 Å². The predicted octanol–water partition coefficient (Wildman–Crippen LogP) is 2.09. The summed E-state index contributed by atoms with van der Waals surface area (Å²) in [5.41, 5.74) is 15.1. The topological polar surface area (TPSA) is 76.1 Å². The molecule has 0 unspecified atom stereocenters. The molecule has 0 bridgehead atoms. The predicted molar refractivity (Wildman–Crippen MR) is 71.9 cm³/mol. The fourth-order valence-corrected chi connectivity index (χ4v) is 1.82. The molecule has 84 valence electrons. The van der Waals surface area contributed by atoms with Crippen molar-refractivity contribution in [3.05, 3.63) is 24.3 Å². The summed E-state index contributed by atoms with van der Waals surface area (Å²) in [5.74, 6) is 0. The fourth-order valence-electron chi connectivity index (χ4n) is 1.82. The zero-order valence-corrected chi connectivity index (χ0v) is 9.46. The standard InChI is InChI=1S/C12H16N4/c1-15-11-5-8-6-12(16-2)10(14)4-7(8)3-9(11)13/h3-6,15-16H,13-14H2,1-2H3. The maximum absolute atomic E-state index is 5.90. The number of anilines is 4. The van der Waals surface area contributed by atoms with Gasteiger partial charge in [-0.05, 0) is 35.0 Å². The summed E-state index contributed by atoms with van der Waals surface area (Å²) in [5, 5.41) is 8.28. The van der Waals surface area contributed by atoms with E-state index in [1.807, 2.05) is 38.4 Å². The third kappa shape index (κ3) is 1.58. The van der Waals surface area contributed by atoms with E-state index >= 15 is 0 Å². The molecule has 0 spiro atoms. The van der Waals surface area contributed by atoms with E-state index in [2.05, 4.69) is 10.6 Å². The van der Waals surface area contributed by atoms with E-state index in [1.165, 1.54) is 0 Å². The molecule has 0 fully saturated rings. The summed E-state index contributed by atoms with van der Waals surface area (Å²) >= 11 is 0. The van der Waals surface area contributed by atoms with Gasteiger partial charge in [0.1, 0.15) is 0 Å². The molecule has 6 N–H and O–H groups in total. The van der Waals surface area contributed by atoms with Gasteiger partial charge >= 0.3 is 0 Å². The van der Waals surface area contributed by atoms with Crippen molar-refractivity contribution < 1.29 is 0 Å². The second-order valence-corrected chi connectivity index (χ2v) is 3.73. The molecule has 0 radical (unpaired) electrons. The van der Waals surface area contributed by atoms with E-state index < -0.39 is 0 Å². The first-order valence-electron chi connectivity index (χ1n) is 5.14. The number of nitrogens with one attached hydrogen (secondary N) is 2. The fraction of sp³-hybridized carbons (Fsp3) is 0.167. The highest BCUT2D eigenvalue weighted by Crippen LogP contribution is 2.31. The van der Waals surface area contributed by atoms with Crippen LogP contribution in [0.3, 0.4) is 0 Å².